The summed E-state index contributed by atoms with van der Waals surface area (Å²) in [4.78, 5) is 6.85. The summed E-state index contributed by atoms with van der Waals surface area (Å²) in [5, 5.41) is 12.5. The van der Waals surface area contributed by atoms with E-state index in [0.717, 1.165) is 29.7 Å². The highest BCUT2D eigenvalue weighted by molar-refractivity contribution is 8.00. The molecule has 1 atom stereocenters. The molecular weight excluding hydrogens is 252 g/mol. The van der Waals surface area contributed by atoms with Gasteiger partial charge < -0.3 is 10.0 Å². The number of thiazole rings is 1. The van der Waals surface area contributed by atoms with Gasteiger partial charge in [-0.1, -0.05) is 13.8 Å². The van der Waals surface area contributed by atoms with Gasteiger partial charge in [-0.3, -0.25) is 0 Å². The van der Waals surface area contributed by atoms with E-state index >= 15 is 0 Å². The molecule has 96 valence electrons. The Labute approximate surface area is 111 Å². The average molecular weight is 272 g/mol. The Bertz CT molecular complexity index is 376. The Hall–Kier alpha value is -0.260. The van der Waals surface area contributed by atoms with Gasteiger partial charge in [0.25, 0.3) is 0 Å². The van der Waals surface area contributed by atoms with Crippen LogP contribution in [0, 0.1) is 0 Å². The molecular formula is C12H20N2OS2. The molecule has 1 aromatic rings. The molecule has 0 saturated carbocycles. The van der Waals surface area contributed by atoms with Crippen LogP contribution in [0.1, 0.15) is 39.0 Å². The van der Waals surface area contributed by atoms with Gasteiger partial charge in [0.15, 0.2) is 5.13 Å². The van der Waals surface area contributed by atoms with Crippen molar-refractivity contribution in [2.45, 2.75) is 38.0 Å². The van der Waals surface area contributed by atoms with Crippen molar-refractivity contribution >= 4 is 28.2 Å². The molecule has 0 radical (unpaired) electrons. The summed E-state index contributed by atoms with van der Waals surface area (Å²) in [7, 11) is 0. The summed E-state index contributed by atoms with van der Waals surface area (Å²) >= 11 is 3.68. The Balaban J connectivity index is 2.06. The number of aliphatic hydroxyl groups excluding tert-OH is 1. The molecule has 2 heterocycles. The van der Waals surface area contributed by atoms with Crippen LogP contribution in [-0.2, 0) is 0 Å². The van der Waals surface area contributed by atoms with E-state index in [9.17, 15) is 5.11 Å². The summed E-state index contributed by atoms with van der Waals surface area (Å²) in [5.41, 5.74) is 0.793. The van der Waals surface area contributed by atoms with Crippen LogP contribution in [0.4, 0.5) is 5.13 Å². The van der Waals surface area contributed by atoms with Crippen LogP contribution >= 0.6 is 23.1 Å². The van der Waals surface area contributed by atoms with E-state index in [1.54, 1.807) is 18.3 Å². The SMILES string of the molecule is CC(O)c1csc(N2CCSC(C)(C)CC2)n1. The van der Waals surface area contributed by atoms with Gasteiger partial charge in [-0.2, -0.15) is 11.8 Å². The molecule has 0 aliphatic carbocycles. The summed E-state index contributed by atoms with van der Waals surface area (Å²) < 4.78 is 0.374. The van der Waals surface area contributed by atoms with Crippen LogP contribution in [0.3, 0.4) is 0 Å². The molecule has 1 saturated heterocycles. The topological polar surface area (TPSA) is 36.4 Å². The van der Waals surface area contributed by atoms with Crippen LogP contribution in [-0.4, -0.2) is 33.7 Å². The molecule has 1 aromatic heterocycles. The maximum absolute atomic E-state index is 9.50. The maximum atomic E-state index is 9.50. The molecule has 1 aliphatic heterocycles. The van der Waals surface area contributed by atoms with E-state index in [1.165, 1.54) is 6.42 Å². The molecule has 1 unspecified atom stereocenters. The first kappa shape index (κ1) is 13.2. The number of anilines is 1. The Morgan fingerprint density at radius 1 is 1.47 bits per heavy atom. The average Bonchev–Trinajstić information content (AvgIpc) is 2.65. The Morgan fingerprint density at radius 3 is 2.88 bits per heavy atom. The molecule has 0 amide bonds. The zero-order valence-electron chi connectivity index (χ0n) is 10.6. The minimum atomic E-state index is -0.460. The highest BCUT2D eigenvalue weighted by atomic mass is 32.2. The third-order valence-electron chi connectivity index (χ3n) is 3.05. The lowest BCUT2D eigenvalue weighted by atomic mass is 10.1. The molecule has 0 aromatic carbocycles. The van der Waals surface area contributed by atoms with Crippen molar-refractivity contribution in [3.63, 3.8) is 0 Å². The fourth-order valence-corrected chi connectivity index (χ4v) is 3.89. The minimum Gasteiger partial charge on any atom is -0.387 e. The van der Waals surface area contributed by atoms with Crippen LogP contribution in [0.2, 0.25) is 0 Å². The van der Waals surface area contributed by atoms with Crippen molar-refractivity contribution in [2.24, 2.45) is 0 Å². The molecule has 1 aliphatic rings. The number of hydrogen-bond donors (Lipinski definition) is 1. The van der Waals surface area contributed by atoms with Crippen molar-refractivity contribution in [3.05, 3.63) is 11.1 Å². The van der Waals surface area contributed by atoms with E-state index in [4.69, 9.17) is 0 Å². The standard InChI is InChI=1S/C12H20N2OS2/c1-9(15)10-8-16-11(13-10)14-5-4-12(2,3)17-7-6-14/h8-9,15H,4-7H2,1-3H3. The fourth-order valence-electron chi connectivity index (χ4n) is 1.82. The molecule has 1 fully saturated rings. The molecule has 17 heavy (non-hydrogen) atoms. The Morgan fingerprint density at radius 2 is 2.24 bits per heavy atom. The van der Waals surface area contributed by atoms with Crippen LogP contribution < -0.4 is 4.90 Å². The van der Waals surface area contributed by atoms with Gasteiger partial charge in [0.1, 0.15) is 0 Å². The lowest BCUT2D eigenvalue weighted by Gasteiger charge is -2.22. The fraction of sp³-hybridized carbons (Fsp3) is 0.750. The first-order chi connectivity index (χ1) is 7.98. The van der Waals surface area contributed by atoms with Gasteiger partial charge in [0.05, 0.1) is 11.8 Å². The highest BCUT2D eigenvalue weighted by Crippen LogP contribution is 2.33. The zero-order valence-corrected chi connectivity index (χ0v) is 12.3. The summed E-state index contributed by atoms with van der Waals surface area (Å²) in [6.45, 7) is 8.50. The lowest BCUT2D eigenvalue weighted by Crippen LogP contribution is -2.26. The van der Waals surface area contributed by atoms with Crippen LogP contribution in [0.25, 0.3) is 0 Å². The molecule has 0 spiro atoms. The molecule has 5 heteroatoms. The van der Waals surface area contributed by atoms with Gasteiger partial charge in [0.2, 0.25) is 0 Å². The minimum absolute atomic E-state index is 0.374. The monoisotopic (exact) mass is 272 g/mol. The van der Waals surface area contributed by atoms with Crippen LogP contribution in [0.5, 0.6) is 0 Å². The largest absolute Gasteiger partial charge is 0.387 e. The number of nitrogens with zero attached hydrogens (tertiary/aromatic N) is 2. The third kappa shape index (κ3) is 3.36. The van der Waals surface area contributed by atoms with E-state index in [2.05, 4.69) is 23.7 Å². The van der Waals surface area contributed by atoms with Gasteiger partial charge in [-0.05, 0) is 13.3 Å². The molecule has 1 N–H and O–H groups in total. The second-order valence-corrected chi connectivity index (χ2v) is 7.71. The van der Waals surface area contributed by atoms with Crippen molar-refractivity contribution in [3.8, 4) is 0 Å². The lowest BCUT2D eigenvalue weighted by molar-refractivity contribution is 0.195. The smallest absolute Gasteiger partial charge is 0.185 e. The van der Waals surface area contributed by atoms with E-state index in [-0.39, 0.29) is 0 Å². The Kier molecular flexibility index (Phi) is 4.00. The van der Waals surface area contributed by atoms with Crippen molar-refractivity contribution in [2.75, 3.05) is 23.7 Å². The highest BCUT2D eigenvalue weighted by Gasteiger charge is 2.25. The maximum Gasteiger partial charge on any atom is 0.185 e. The second kappa shape index (κ2) is 5.16. The van der Waals surface area contributed by atoms with E-state index in [1.807, 2.05) is 17.1 Å². The van der Waals surface area contributed by atoms with E-state index < -0.39 is 6.10 Å². The zero-order chi connectivity index (χ0) is 12.5. The first-order valence-corrected chi connectivity index (χ1v) is 7.87. The number of hydrogen-bond acceptors (Lipinski definition) is 5. The van der Waals surface area contributed by atoms with Crippen molar-refractivity contribution in [1.29, 1.82) is 0 Å². The molecule has 2 rings (SSSR count). The molecule has 3 nitrogen and oxygen atoms in total. The predicted octanol–water partition coefficient (Wildman–Crippen LogP) is 2.92. The number of thioether (sulfide) groups is 1. The van der Waals surface area contributed by atoms with Crippen LogP contribution in [0.15, 0.2) is 5.38 Å². The predicted molar refractivity (Wildman–Crippen MR) is 76.1 cm³/mol. The number of aliphatic hydroxyl groups is 1. The third-order valence-corrected chi connectivity index (χ3v) is 5.34. The number of rotatable bonds is 2. The normalized spacial score (nSPS) is 22.2. The quantitative estimate of drug-likeness (QED) is 0.898. The van der Waals surface area contributed by atoms with Gasteiger partial charge >= 0.3 is 0 Å². The summed E-state index contributed by atoms with van der Waals surface area (Å²) in [6.07, 6.45) is 0.721. The van der Waals surface area contributed by atoms with Gasteiger partial charge in [-0.25, -0.2) is 4.98 Å². The number of aromatic nitrogens is 1. The van der Waals surface area contributed by atoms with Crippen molar-refractivity contribution < 1.29 is 5.11 Å². The van der Waals surface area contributed by atoms with E-state index in [0.29, 0.717) is 4.75 Å². The molecule has 0 bridgehead atoms. The summed E-state index contributed by atoms with van der Waals surface area (Å²) in [5.74, 6) is 1.15. The van der Waals surface area contributed by atoms with Crippen molar-refractivity contribution in [1.82, 2.24) is 4.98 Å². The van der Waals surface area contributed by atoms with Gasteiger partial charge in [0, 0.05) is 29.0 Å². The first-order valence-electron chi connectivity index (χ1n) is 6.00. The second-order valence-electron chi connectivity index (χ2n) is 5.08. The summed E-state index contributed by atoms with van der Waals surface area (Å²) in [6, 6.07) is 0. The van der Waals surface area contributed by atoms with Gasteiger partial charge in [-0.15, -0.1) is 11.3 Å².